The smallest absolute Gasteiger partial charge is 0.0192 e. The van der Waals surface area contributed by atoms with Gasteiger partial charge in [0, 0.05) is 19.6 Å². The summed E-state index contributed by atoms with van der Waals surface area (Å²) in [7, 11) is 0.202. The zero-order valence-electron chi connectivity index (χ0n) is 3.77. The van der Waals surface area contributed by atoms with Crippen LogP contribution in [0.15, 0.2) is 0 Å². The first-order valence-electron chi connectivity index (χ1n) is 2.00. The highest BCUT2D eigenvalue weighted by atomic mass is 32.7. The maximum Gasteiger partial charge on any atom is 0.0192 e. The molecule has 1 N–H and O–H groups in total. The monoisotopic (exact) mass is 121 g/mol. The fraction of sp³-hybridized carbons (Fsp3) is 1.00. The van der Waals surface area contributed by atoms with Crippen molar-refractivity contribution in [3.05, 3.63) is 0 Å². The molecule has 0 aliphatic carbocycles. The molecule has 0 spiro atoms. The highest BCUT2D eigenvalue weighted by Crippen LogP contribution is 2.45. The zero-order valence-corrected chi connectivity index (χ0v) is 5.48. The first-order valence-corrected chi connectivity index (χ1v) is 5.38. The summed E-state index contributed by atoms with van der Waals surface area (Å²) in [6.45, 7) is 3.49. The van der Waals surface area contributed by atoms with E-state index < -0.39 is 0 Å². The molecule has 6 heavy (non-hydrogen) atoms. The Bertz CT molecular complexity index is 44.1. The molecular weight excluding hydrogens is 113 g/mol. The molecular formula is C3H8NPS. The van der Waals surface area contributed by atoms with Crippen LogP contribution in [0, 0.1) is 0 Å². The van der Waals surface area contributed by atoms with E-state index in [1.54, 1.807) is 0 Å². The maximum absolute atomic E-state index is 3.35. The molecule has 0 radical (unpaired) electrons. The van der Waals surface area contributed by atoms with Gasteiger partial charge in [0.1, 0.15) is 0 Å². The van der Waals surface area contributed by atoms with Crippen molar-refractivity contribution in [3.8, 4) is 0 Å². The van der Waals surface area contributed by atoms with Gasteiger partial charge in [0.25, 0.3) is 0 Å². The van der Waals surface area contributed by atoms with Crippen LogP contribution in [-0.2, 0) is 0 Å². The van der Waals surface area contributed by atoms with Crippen molar-refractivity contribution in [3.63, 3.8) is 0 Å². The summed E-state index contributed by atoms with van der Waals surface area (Å²) >= 11 is 2.05. The lowest BCUT2D eigenvalue weighted by Gasteiger charge is -1.94. The summed E-state index contributed by atoms with van der Waals surface area (Å²) in [6.07, 6.45) is 0. The minimum absolute atomic E-state index is 0.202. The van der Waals surface area contributed by atoms with E-state index in [9.17, 15) is 0 Å². The Morgan fingerprint density at radius 1 is 1.83 bits per heavy atom. The van der Waals surface area contributed by atoms with Crippen LogP contribution in [0.1, 0.15) is 0 Å². The minimum Gasteiger partial charge on any atom is -0.287 e. The van der Waals surface area contributed by atoms with E-state index in [-0.39, 0.29) is 7.27 Å². The Kier molecular flexibility index (Phi) is 1.75. The van der Waals surface area contributed by atoms with E-state index in [4.69, 9.17) is 0 Å². The third kappa shape index (κ3) is 1.11. The van der Waals surface area contributed by atoms with Crippen molar-refractivity contribution in [2.45, 2.75) is 0 Å². The van der Waals surface area contributed by atoms with Gasteiger partial charge in [-0.3, -0.25) is 5.09 Å². The molecule has 36 valence electrons. The van der Waals surface area contributed by atoms with Crippen molar-refractivity contribution in [1.82, 2.24) is 5.09 Å². The molecule has 1 unspecified atom stereocenters. The fourth-order valence-corrected chi connectivity index (χ4v) is 3.21. The van der Waals surface area contributed by atoms with Crippen LogP contribution >= 0.6 is 18.7 Å². The SMILES string of the molecule is CP1NCCS1. The second-order valence-electron chi connectivity index (χ2n) is 1.24. The highest BCUT2D eigenvalue weighted by Gasteiger charge is 2.05. The van der Waals surface area contributed by atoms with Crippen LogP contribution in [0.3, 0.4) is 0 Å². The predicted molar refractivity (Wildman–Crippen MR) is 33.3 cm³/mol. The topological polar surface area (TPSA) is 12.0 Å². The fourth-order valence-electron chi connectivity index (χ4n) is 0.431. The normalized spacial score (nSPS) is 34.5. The second kappa shape index (κ2) is 2.15. The van der Waals surface area contributed by atoms with Crippen LogP contribution in [0.2, 0.25) is 0 Å². The third-order valence-corrected chi connectivity index (χ3v) is 4.26. The van der Waals surface area contributed by atoms with E-state index >= 15 is 0 Å². The molecule has 0 bridgehead atoms. The molecule has 0 amide bonds. The van der Waals surface area contributed by atoms with Gasteiger partial charge >= 0.3 is 0 Å². The van der Waals surface area contributed by atoms with Gasteiger partial charge in [-0.05, 0) is 6.66 Å². The molecule has 1 aliphatic rings. The van der Waals surface area contributed by atoms with E-state index in [0.29, 0.717) is 0 Å². The molecule has 1 saturated heterocycles. The second-order valence-corrected chi connectivity index (χ2v) is 5.63. The Balaban J connectivity index is 2.18. The van der Waals surface area contributed by atoms with Gasteiger partial charge in [0.2, 0.25) is 0 Å². The van der Waals surface area contributed by atoms with Gasteiger partial charge in [-0.2, -0.15) is 0 Å². The van der Waals surface area contributed by atoms with Gasteiger partial charge in [0.05, 0.1) is 0 Å². The number of rotatable bonds is 0. The average molecular weight is 121 g/mol. The van der Waals surface area contributed by atoms with Gasteiger partial charge in [0.15, 0.2) is 0 Å². The van der Waals surface area contributed by atoms with E-state index in [1.165, 1.54) is 12.3 Å². The van der Waals surface area contributed by atoms with E-state index in [0.717, 1.165) is 0 Å². The molecule has 3 heteroatoms. The lowest BCUT2D eigenvalue weighted by Crippen LogP contribution is -1.98. The summed E-state index contributed by atoms with van der Waals surface area (Å²) in [5.41, 5.74) is 0. The third-order valence-electron chi connectivity index (χ3n) is 0.721. The summed E-state index contributed by atoms with van der Waals surface area (Å²) < 4.78 is 0. The Labute approximate surface area is 43.4 Å². The minimum atomic E-state index is 0.202. The first kappa shape index (κ1) is 4.89. The van der Waals surface area contributed by atoms with Gasteiger partial charge in [-0.15, -0.1) is 11.4 Å². The Hall–Kier alpha value is 0.740. The van der Waals surface area contributed by atoms with E-state index in [1.807, 2.05) is 0 Å². The van der Waals surface area contributed by atoms with Crippen molar-refractivity contribution in [2.75, 3.05) is 19.0 Å². The molecule has 1 aliphatic heterocycles. The summed E-state index contributed by atoms with van der Waals surface area (Å²) in [6, 6.07) is 0. The Morgan fingerprint density at radius 2 is 2.67 bits per heavy atom. The van der Waals surface area contributed by atoms with Crippen LogP contribution in [0.5, 0.6) is 0 Å². The molecule has 1 nitrogen and oxygen atoms in total. The lowest BCUT2D eigenvalue weighted by atomic mass is 10.8. The van der Waals surface area contributed by atoms with Crippen molar-refractivity contribution >= 4 is 18.7 Å². The van der Waals surface area contributed by atoms with Gasteiger partial charge in [-0.25, -0.2) is 0 Å². The molecule has 0 aromatic rings. The van der Waals surface area contributed by atoms with Crippen LogP contribution < -0.4 is 5.09 Å². The largest absolute Gasteiger partial charge is 0.287 e. The lowest BCUT2D eigenvalue weighted by molar-refractivity contribution is 1.06. The number of hydrogen-bond acceptors (Lipinski definition) is 2. The van der Waals surface area contributed by atoms with Gasteiger partial charge < -0.3 is 0 Å². The number of hydrogen-bond donors (Lipinski definition) is 1. The zero-order chi connectivity index (χ0) is 4.41. The van der Waals surface area contributed by atoms with Crippen LogP contribution in [-0.4, -0.2) is 19.0 Å². The highest BCUT2D eigenvalue weighted by molar-refractivity contribution is 8.55. The summed E-state index contributed by atoms with van der Waals surface area (Å²) in [5.74, 6) is 1.32. The molecule has 1 rings (SSSR count). The summed E-state index contributed by atoms with van der Waals surface area (Å²) in [5, 5.41) is 3.35. The molecule has 0 saturated carbocycles. The van der Waals surface area contributed by atoms with Crippen LogP contribution in [0.25, 0.3) is 0 Å². The Morgan fingerprint density at radius 3 is 2.83 bits per heavy atom. The molecule has 0 aromatic carbocycles. The van der Waals surface area contributed by atoms with E-state index in [2.05, 4.69) is 23.1 Å². The quantitative estimate of drug-likeness (QED) is 0.484. The van der Waals surface area contributed by atoms with Crippen molar-refractivity contribution in [2.24, 2.45) is 0 Å². The van der Waals surface area contributed by atoms with Crippen molar-refractivity contribution < 1.29 is 0 Å². The van der Waals surface area contributed by atoms with Crippen molar-refractivity contribution in [1.29, 1.82) is 0 Å². The standard InChI is InChI=1S/C3H8NPS/c1-5-4-2-3-6-5/h4H,2-3H2,1H3. The van der Waals surface area contributed by atoms with Crippen LogP contribution in [0.4, 0.5) is 0 Å². The first-order chi connectivity index (χ1) is 2.89. The number of nitrogens with one attached hydrogen (secondary N) is 1. The maximum atomic E-state index is 3.35. The molecule has 1 atom stereocenters. The molecule has 1 heterocycles. The average Bonchev–Trinajstić information content (AvgIpc) is 1.86. The predicted octanol–water partition coefficient (Wildman–Crippen LogP) is 1.26. The van der Waals surface area contributed by atoms with Gasteiger partial charge in [-0.1, -0.05) is 0 Å². The molecule has 1 fully saturated rings. The summed E-state index contributed by atoms with van der Waals surface area (Å²) in [4.78, 5) is 0. The molecule has 0 aromatic heterocycles.